The number of fused-ring (bicyclic) bond motifs is 1. The van der Waals surface area contributed by atoms with E-state index in [1.165, 1.54) is 29.6 Å². The van der Waals surface area contributed by atoms with Crippen LogP contribution in [0.2, 0.25) is 0 Å². The van der Waals surface area contributed by atoms with E-state index in [0.29, 0.717) is 41.8 Å². The van der Waals surface area contributed by atoms with Gasteiger partial charge in [-0.1, -0.05) is 29.6 Å². The van der Waals surface area contributed by atoms with Crippen molar-refractivity contribution < 1.29 is 23.8 Å². The van der Waals surface area contributed by atoms with Gasteiger partial charge in [0.15, 0.2) is 0 Å². The Kier molecular flexibility index (Phi) is 10.2. The standard InChI is InChI=1S/C27H28N6O5S2/c1-4-5-25(35)38-17-37-22-12-8-20(9-13-22)29-31-24-16-23-26(40-24)28-27(39-23)32-30-19-6-10-21(11-7-19)33(3)14-15-36-18(2)34/h6-13,16H,4-5,14-15,17H2,1-3H3. The second-order valence-corrected chi connectivity index (χ2v) is 10.5. The molecule has 0 radical (unpaired) electrons. The molecule has 13 heteroatoms. The van der Waals surface area contributed by atoms with Gasteiger partial charge < -0.3 is 19.1 Å². The summed E-state index contributed by atoms with van der Waals surface area (Å²) in [6.45, 7) is 4.12. The molecular formula is C27H28N6O5S2. The summed E-state index contributed by atoms with van der Waals surface area (Å²) < 4.78 is 16.3. The summed E-state index contributed by atoms with van der Waals surface area (Å²) >= 11 is 2.85. The molecule has 2 heterocycles. The van der Waals surface area contributed by atoms with Crippen LogP contribution in [0.1, 0.15) is 26.7 Å². The zero-order valence-electron chi connectivity index (χ0n) is 22.3. The van der Waals surface area contributed by atoms with E-state index in [0.717, 1.165) is 26.6 Å². The lowest BCUT2D eigenvalue weighted by Crippen LogP contribution is -2.23. The summed E-state index contributed by atoms with van der Waals surface area (Å²) in [5.41, 5.74) is 2.35. The molecule has 0 spiro atoms. The zero-order valence-corrected chi connectivity index (χ0v) is 23.9. The fourth-order valence-electron chi connectivity index (χ4n) is 3.29. The van der Waals surface area contributed by atoms with Crippen LogP contribution in [0.3, 0.4) is 0 Å². The Bertz CT molecular complexity index is 1450. The Labute approximate surface area is 239 Å². The maximum absolute atomic E-state index is 11.4. The molecule has 208 valence electrons. The van der Waals surface area contributed by atoms with Crippen LogP contribution in [-0.2, 0) is 19.1 Å². The van der Waals surface area contributed by atoms with Gasteiger partial charge in [-0.2, -0.15) is 0 Å². The molecule has 0 unspecified atom stereocenters. The van der Waals surface area contributed by atoms with Gasteiger partial charge in [-0.3, -0.25) is 9.59 Å². The molecule has 0 saturated carbocycles. The number of anilines is 1. The molecule has 40 heavy (non-hydrogen) atoms. The third-order valence-corrected chi connectivity index (χ3v) is 7.27. The molecular weight excluding hydrogens is 552 g/mol. The second-order valence-electron chi connectivity index (χ2n) is 8.45. The fourth-order valence-corrected chi connectivity index (χ4v) is 5.14. The van der Waals surface area contributed by atoms with Crippen molar-refractivity contribution in [3.8, 4) is 5.75 Å². The second kappa shape index (κ2) is 14.2. The number of nitrogens with zero attached hydrogens (tertiary/aromatic N) is 6. The van der Waals surface area contributed by atoms with Crippen molar-refractivity contribution in [3.63, 3.8) is 0 Å². The Hall–Kier alpha value is -4.23. The van der Waals surface area contributed by atoms with Crippen LogP contribution in [0.5, 0.6) is 5.75 Å². The first-order valence-electron chi connectivity index (χ1n) is 12.5. The molecule has 0 aliphatic rings. The average Bonchev–Trinajstić information content (AvgIpc) is 3.50. The first-order valence-corrected chi connectivity index (χ1v) is 14.1. The van der Waals surface area contributed by atoms with Crippen LogP contribution in [0.15, 0.2) is 75.1 Å². The van der Waals surface area contributed by atoms with Crippen molar-refractivity contribution in [3.05, 3.63) is 54.6 Å². The van der Waals surface area contributed by atoms with Gasteiger partial charge in [0.2, 0.25) is 11.9 Å². The van der Waals surface area contributed by atoms with Crippen molar-refractivity contribution in [1.29, 1.82) is 0 Å². The lowest BCUT2D eigenvalue weighted by Gasteiger charge is -2.18. The minimum atomic E-state index is -0.287. The van der Waals surface area contributed by atoms with Gasteiger partial charge in [0.05, 0.1) is 22.6 Å². The molecule has 0 atom stereocenters. The van der Waals surface area contributed by atoms with Gasteiger partial charge >= 0.3 is 11.9 Å². The molecule has 0 amide bonds. The first-order chi connectivity index (χ1) is 19.4. The number of hydrogen-bond donors (Lipinski definition) is 0. The van der Waals surface area contributed by atoms with E-state index < -0.39 is 0 Å². The first kappa shape index (κ1) is 28.8. The number of thiophene rings is 1. The molecule has 0 aliphatic carbocycles. The smallest absolute Gasteiger partial charge is 0.308 e. The fraction of sp³-hybridized carbons (Fsp3) is 0.296. The third-order valence-electron chi connectivity index (χ3n) is 5.34. The van der Waals surface area contributed by atoms with Gasteiger partial charge in [-0.05, 0) is 61.0 Å². The number of esters is 2. The zero-order chi connectivity index (χ0) is 28.3. The number of rotatable bonds is 13. The summed E-state index contributed by atoms with van der Waals surface area (Å²) in [4.78, 5) is 29.6. The molecule has 4 rings (SSSR count). The maximum Gasteiger partial charge on any atom is 0.308 e. The predicted octanol–water partition coefficient (Wildman–Crippen LogP) is 7.87. The number of aromatic nitrogens is 1. The molecule has 0 fully saturated rings. The summed E-state index contributed by atoms with van der Waals surface area (Å²) in [7, 11) is 1.93. The number of carbonyl (C=O) groups excluding carboxylic acids is 2. The number of thiazole rings is 1. The molecule has 11 nitrogen and oxygen atoms in total. The largest absolute Gasteiger partial charge is 0.464 e. The summed E-state index contributed by atoms with van der Waals surface area (Å²) in [5.74, 6) is 0.00810. The van der Waals surface area contributed by atoms with Crippen LogP contribution in [0, 0.1) is 0 Å². The number of hydrogen-bond acceptors (Lipinski definition) is 13. The Morgan fingerprint density at radius 2 is 1.62 bits per heavy atom. The van der Waals surface area contributed by atoms with E-state index in [1.807, 2.05) is 49.2 Å². The molecule has 0 saturated heterocycles. The van der Waals surface area contributed by atoms with Crippen LogP contribution in [-0.4, -0.2) is 43.9 Å². The Morgan fingerprint density at radius 1 is 0.925 bits per heavy atom. The van der Waals surface area contributed by atoms with E-state index in [1.54, 1.807) is 24.3 Å². The summed E-state index contributed by atoms with van der Waals surface area (Å²) in [5, 5.41) is 18.4. The highest BCUT2D eigenvalue weighted by molar-refractivity contribution is 7.30. The highest BCUT2D eigenvalue weighted by atomic mass is 32.1. The van der Waals surface area contributed by atoms with Gasteiger partial charge in [0, 0.05) is 26.1 Å². The van der Waals surface area contributed by atoms with Crippen LogP contribution >= 0.6 is 22.7 Å². The van der Waals surface area contributed by atoms with Crippen molar-refractivity contribution in [2.75, 3.05) is 31.9 Å². The highest BCUT2D eigenvalue weighted by Crippen LogP contribution is 2.39. The molecule has 4 aromatic rings. The van der Waals surface area contributed by atoms with Crippen molar-refractivity contribution in [1.82, 2.24) is 4.98 Å². The topological polar surface area (TPSA) is 127 Å². The summed E-state index contributed by atoms with van der Waals surface area (Å²) in [6, 6.07) is 16.6. The number of benzene rings is 2. The van der Waals surface area contributed by atoms with Gasteiger partial charge in [-0.25, -0.2) is 4.98 Å². The van der Waals surface area contributed by atoms with Gasteiger partial charge in [0.25, 0.3) is 0 Å². The van der Waals surface area contributed by atoms with Gasteiger partial charge in [-0.15, -0.1) is 20.5 Å². The van der Waals surface area contributed by atoms with Crippen LogP contribution in [0.25, 0.3) is 9.53 Å². The van der Waals surface area contributed by atoms with Crippen LogP contribution < -0.4 is 9.64 Å². The highest BCUT2D eigenvalue weighted by Gasteiger charge is 2.09. The Morgan fingerprint density at radius 3 is 2.30 bits per heavy atom. The normalized spacial score (nSPS) is 11.4. The van der Waals surface area contributed by atoms with Crippen molar-refractivity contribution in [2.24, 2.45) is 20.5 Å². The van der Waals surface area contributed by atoms with E-state index in [4.69, 9.17) is 14.2 Å². The molecule has 2 aromatic carbocycles. The van der Waals surface area contributed by atoms with Crippen LogP contribution in [0.4, 0.5) is 27.2 Å². The number of ether oxygens (including phenoxy) is 3. The van der Waals surface area contributed by atoms with E-state index >= 15 is 0 Å². The number of likely N-dealkylation sites (N-methyl/N-ethyl adjacent to an activating group) is 1. The minimum absolute atomic E-state index is 0.121. The van der Waals surface area contributed by atoms with E-state index in [2.05, 4.69) is 25.4 Å². The molecule has 2 aromatic heterocycles. The lowest BCUT2D eigenvalue weighted by atomic mass is 10.2. The number of azo groups is 2. The van der Waals surface area contributed by atoms with E-state index in [9.17, 15) is 9.59 Å². The molecule has 0 N–H and O–H groups in total. The quantitative estimate of drug-likeness (QED) is 0.0894. The molecule has 0 aliphatic heterocycles. The maximum atomic E-state index is 11.4. The Balaban J connectivity index is 1.28. The molecule has 0 bridgehead atoms. The summed E-state index contributed by atoms with van der Waals surface area (Å²) in [6.07, 6.45) is 1.11. The number of carbonyl (C=O) groups is 2. The predicted molar refractivity (Wildman–Crippen MR) is 155 cm³/mol. The third kappa shape index (κ3) is 8.64. The average molecular weight is 581 g/mol. The minimum Gasteiger partial charge on any atom is -0.464 e. The van der Waals surface area contributed by atoms with E-state index in [-0.39, 0.29) is 18.7 Å². The monoisotopic (exact) mass is 580 g/mol. The van der Waals surface area contributed by atoms with Gasteiger partial charge in [0.1, 0.15) is 22.2 Å². The lowest BCUT2D eigenvalue weighted by molar-refractivity contribution is -0.150. The SMILES string of the molecule is CCCC(=O)OCOc1ccc(N=Nc2cc3sc(N=Nc4ccc(N(C)CCOC(C)=O)cc4)nc3s2)cc1. The van der Waals surface area contributed by atoms with Crippen molar-refractivity contribution in [2.45, 2.75) is 26.7 Å². The van der Waals surface area contributed by atoms with Crippen molar-refractivity contribution >= 4 is 71.3 Å².